The molecule has 2 aromatic rings. The minimum Gasteiger partial charge on any atom is -0.337 e. The lowest BCUT2D eigenvalue weighted by atomic mass is 10.1. The summed E-state index contributed by atoms with van der Waals surface area (Å²) in [7, 11) is -3.50. The van der Waals surface area contributed by atoms with Gasteiger partial charge < -0.3 is 4.90 Å². The summed E-state index contributed by atoms with van der Waals surface area (Å²) in [6, 6.07) is 7.65. The van der Waals surface area contributed by atoms with Crippen LogP contribution in [0.25, 0.3) is 0 Å². The Kier molecular flexibility index (Phi) is 4.67. The van der Waals surface area contributed by atoms with Crippen LogP contribution in [-0.2, 0) is 23.0 Å². The third kappa shape index (κ3) is 3.22. The number of carbonyl (C=O) groups is 1. The van der Waals surface area contributed by atoms with Crippen molar-refractivity contribution in [2.24, 2.45) is 0 Å². The molecule has 144 valence electrons. The summed E-state index contributed by atoms with van der Waals surface area (Å²) in [6.45, 7) is 3.95. The number of rotatable bonds is 4. The Bertz CT molecular complexity index is 953. The fourth-order valence-corrected chi connectivity index (χ4v) is 5.94. The highest BCUT2D eigenvalue weighted by atomic mass is 32.2. The molecule has 1 aromatic carbocycles. The fourth-order valence-electron chi connectivity index (χ4n) is 3.95. The number of aromatic nitrogens is 2. The smallest absolute Gasteiger partial charge is 0.257 e. The van der Waals surface area contributed by atoms with Gasteiger partial charge in [-0.25, -0.2) is 8.42 Å². The molecule has 1 amide bonds. The predicted molar refractivity (Wildman–Crippen MR) is 103 cm³/mol. The van der Waals surface area contributed by atoms with Crippen molar-refractivity contribution in [3.8, 4) is 0 Å². The van der Waals surface area contributed by atoms with E-state index in [0.717, 1.165) is 17.7 Å². The molecule has 1 atom stereocenters. The van der Waals surface area contributed by atoms with Crippen LogP contribution < -0.4 is 4.31 Å². The van der Waals surface area contributed by atoms with E-state index in [1.54, 1.807) is 22.0 Å². The Morgan fingerprint density at radius 2 is 2.07 bits per heavy atom. The molecule has 0 saturated carbocycles. The number of aryl methyl sites for hydroxylation is 1. The van der Waals surface area contributed by atoms with Gasteiger partial charge in [0.05, 0.1) is 22.7 Å². The summed E-state index contributed by atoms with van der Waals surface area (Å²) in [5.41, 5.74) is 2.36. The number of anilines is 1. The second-order valence-corrected chi connectivity index (χ2v) is 9.23. The molecule has 0 bridgehead atoms. The SMILES string of the molecule is CCn1cc(C(=O)N2CCCC(S(=O)(=O)N3CCc4ccccc43)C2)cn1. The topological polar surface area (TPSA) is 75.5 Å². The normalized spacial score (nSPS) is 20.0. The first kappa shape index (κ1) is 18.0. The number of nitrogens with zero attached hydrogens (tertiary/aromatic N) is 4. The molecular formula is C19H24N4O3S. The first-order chi connectivity index (χ1) is 13.0. The molecule has 3 heterocycles. The Hall–Kier alpha value is -2.35. The van der Waals surface area contributed by atoms with Crippen LogP contribution in [0.5, 0.6) is 0 Å². The summed E-state index contributed by atoms with van der Waals surface area (Å²) >= 11 is 0. The molecule has 4 rings (SSSR count). The number of hydrogen-bond acceptors (Lipinski definition) is 4. The van der Waals surface area contributed by atoms with Gasteiger partial charge in [-0.05, 0) is 37.8 Å². The van der Waals surface area contributed by atoms with E-state index in [1.807, 2.05) is 31.2 Å². The van der Waals surface area contributed by atoms with Crippen molar-refractivity contribution in [1.82, 2.24) is 14.7 Å². The molecule has 1 aromatic heterocycles. The molecule has 1 fully saturated rings. The Morgan fingerprint density at radius 1 is 1.26 bits per heavy atom. The van der Waals surface area contributed by atoms with E-state index >= 15 is 0 Å². The number of likely N-dealkylation sites (tertiary alicyclic amines) is 1. The third-order valence-corrected chi connectivity index (χ3v) is 7.66. The largest absolute Gasteiger partial charge is 0.337 e. The number of sulfonamides is 1. The average molecular weight is 388 g/mol. The van der Waals surface area contributed by atoms with Gasteiger partial charge in [0.2, 0.25) is 10.0 Å². The van der Waals surface area contributed by atoms with Crippen LogP contribution in [-0.4, -0.2) is 53.9 Å². The maximum absolute atomic E-state index is 13.3. The van der Waals surface area contributed by atoms with Gasteiger partial charge in [-0.15, -0.1) is 0 Å². The number of benzene rings is 1. The van der Waals surface area contributed by atoms with E-state index in [4.69, 9.17) is 0 Å². The zero-order chi connectivity index (χ0) is 19.0. The number of para-hydroxylation sites is 1. The number of amides is 1. The number of carbonyl (C=O) groups excluding carboxylic acids is 1. The molecule has 0 spiro atoms. The Labute approximate surface area is 159 Å². The third-order valence-electron chi connectivity index (χ3n) is 5.44. The average Bonchev–Trinajstić information content (AvgIpc) is 3.34. The Morgan fingerprint density at radius 3 is 2.85 bits per heavy atom. The quantitative estimate of drug-likeness (QED) is 0.802. The maximum atomic E-state index is 13.3. The molecule has 0 radical (unpaired) electrons. The van der Waals surface area contributed by atoms with Crippen molar-refractivity contribution in [3.05, 3.63) is 47.8 Å². The Balaban J connectivity index is 1.53. The summed E-state index contributed by atoms with van der Waals surface area (Å²) in [5.74, 6) is -0.142. The van der Waals surface area contributed by atoms with Gasteiger partial charge in [0, 0.05) is 32.4 Å². The van der Waals surface area contributed by atoms with Gasteiger partial charge >= 0.3 is 0 Å². The highest BCUT2D eigenvalue weighted by Gasteiger charge is 2.39. The van der Waals surface area contributed by atoms with Crippen LogP contribution in [0, 0.1) is 0 Å². The number of fused-ring (bicyclic) bond motifs is 1. The minimum absolute atomic E-state index is 0.142. The van der Waals surface area contributed by atoms with Gasteiger partial charge in [0.15, 0.2) is 0 Å². The van der Waals surface area contributed by atoms with E-state index in [2.05, 4.69) is 5.10 Å². The molecule has 0 N–H and O–H groups in total. The summed E-state index contributed by atoms with van der Waals surface area (Å²) in [4.78, 5) is 14.4. The molecule has 7 nitrogen and oxygen atoms in total. The van der Waals surface area contributed by atoms with Gasteiger partial charge in [-0.1, -0.05) is 18.2 Å². The standard InChI is InChI=1S/C19H24N4O3S/c1-2-22-13-16(12-20-22)19(24)21-10-5-7-17(14-21)27(25,26)23-11-9-15-6-3-4-8-18(15)23/h3-4,6,8,12-13,17H,2,5,7,9-11,14H2,1H3. The highest BCUT2D eigenvalue weighted by Crippen LogP contribution is 2.33. The number of hydrogen-bond donors (Lipinski definition) is 0. The van der Waals surface area contributed by atoms with Crippen molar-refractivity contribution in [2.75, 3.05) is 23.9 Å². The zero-order valence-electron chi connectivity index (χ0n) is 15.4. The van der Waals surface area contributed by atoms with E-state index < -0.39 is 15.3 Å². The van der Waals surface area contributed by atoms with Crippen LogP contribution in [0.4, 0.5) is 5.69 Å². The van der Waals surface area contributed by atoms with E-state index in [1.165, 1.54) is 4.31 Å². The van der Waals surface area contributed by atoms with Crippen LogP contribution in [0.1, 0.15) is 35.7 Å². The van der Waals surface area contributed by atoms with E-state index in [-0.39, 0.29) is 12.5 Å². The second-order valence-electron chi connectivity index (χ2n) is 7.10. The monoisotopic (exact) mass is 388 g/mol. The van der Waals surface area contributed by atoms with Crippen LogP contribution in [0.3, 0.4) is 0 Å². The second kappa shape index (κ2) is 6.99. The lowest BCUT2D eigenvalue weighted by molar-refractivity contribution is 0.0726. The van der Waals surface area contributed by atoms with Gasteiger partial charge in [0.1, 0.15) is 0 Å². The van der Waals surface area contributed by atoms with Crippen LogP contribution in [0.2, 0.25) is 0 Å². The molecule has 2 aliphatic rings. The number of piperidine rings is 1. The van der Waals surface area contributed by atoms with Gasteiger partial charge in [-0.2, -0.15) is 5.10 Å². The molecule has 1 unspecified atom stereocenters. The highest BCUT2D eigenvalue weighted by molar-refractivity contribution is 7.93. The summed E-state index contributed by atoms with van der Waals surface area (Å²) in [6.07, 6.45) is 5.28. The van der Waals surface area contributed by atoms with E-state index in [0.29, 0.717) is 38.0 Å². The maximum Gasteiger partial charge on any atom is 0.257 e. The lowest BCUT2D eigenvalue weighted by Gasteiger charge is -2.34. The van der Waals surface area contributed by atoms with Gasteiger partial charge in [-0.3, -0.25) is 13.8 Å². The first-order valence-electron chi connectivity index (χ1n) is 9.42. The molecular weight excluding hydrogens is 364 g/mol. The van der Waals surface area contributed by atoms with Crippen LogP contribution in [0.15, 0.2) is 36.7 Å². The summed E-state index contributed by atoms with van der Waals surface area (Å²) in [5, 5.41) is 3.58. The zero-order valence-corrected chi connectivity index (χ0v) is 16.2. The fraction of sp³-hybridized carbons (Fsp3) is 0.474. The van der Waals surface area contributed by atoms with Crippen molar-refractivity contribution in [2.45, 2.75) is 38.0 Å². The summed E-state index contributed by atoms with van der Waals surface area (Å²) < 4.78 is 29.8. The minimum atomic E-state index is -3.50. The van der Waals surface area contributed by atoms with Crippen molar-refractivity contribution in [3.63, 3.8) is 0 Å². The van der Waals surface area contributed by atoms with Gasteiger partial charge in [0.25, 0.3) is 5.91 Å². The van der Waals surface area contributed by atoms with Crippen molar-refractivity contribution >= 4 is 21.6 Å². The van der Waals surface area contributed by atoms with Crippen LogP contribution >= 0.6 is 0 Å². The first-order valence-corrected chi connectivity index (χ1v) is 10.9. The van der Waals surface area contributed by atoms with Crippen molar-refractivity contribution in [1.29, 1.82) is 0 Å². The molecule has 1 saturated heterocycles. The van der Waals surface area contributed by atoms with Crippen molar-refractivity contribution < 1.29 is 13.2 Å². The lowest BCUT2D eigenvalue weighted by Crippen LogP contribution is -2.49. The van der Waals surface area contributed by atoms with E-state index in [9.17, 15) is 13.2 Å². The molecule has 8 heteroatoms. The predicted octanol–water partition coefficient (Wildman–Crippen LogP) is 1.90. The molecule has 2 aliphatic heterocycles. The molecule has 27 heavy (non-hydrogen) atoms. The molecule has 0 aliphatic carbocycles.